The third-order valence-electron chi connectivity index (χ3n) is 2.23. The topological polar surface area (TPSA) is 0 Å². The largest absolute Gasteiger partial charge is 0.152 e. The van der Waals surface area contributed by atoms with E-state index in [4.69, 9.17) is 0 Å². The van der Waals surface area contributed by atoms with Crippen LogP contribution in [0.3, 0.4) is 0 Å². The molecule has 1 heterocycles. The van der Waals surface area contributed by atoms with E-state index in [-0.39, 0.29) is 0 Å². The molecule has 0 nitrogen and oxygen atoms in total. The summed E-state index contributed by atoms with van der Waals surface area (Å²) in [6, 6.07) is 2.24. The summed E-state index contributed by atoms with van der Waals surface area (Å²) >= 11 is 1.80. The van der Waals surface area contributed by atoms with Gasteiger partial charge in [0.05, 0.1) is 0 Å². The molecule has 0 saturated carbocycles. The van der Waals surface area contributed by atoms with Crippen LogP contribution in [0.4, 0.5) is 0 Å². The van der Waals surface area contributed by atoms with Gasteiger partial charge in [0, 0.05) is 5.92 Å². The molecule has 1 aliphatic carbocycles. The van der Waals surface area contributed by atoms with E-state index in [1.807, 2.05) is 0 Å². The van der Waals surface area contributed by atoms with Gasteiger partial charge in [-0.25, -0.2) is 0 Å². The maximum absolute atomic E-state index is 2.35. The zero-order chi connectivity index (χ0) is 7.52. The van der Waals surface area contributed by atoms with Gasteiger partial charge in [-0.3, -0.25) is 0 Å². The number of rotatable bonds is 1. The number of allylic oxidation sites excluding steroid dienone is 2. The minimum absolute atomic E-state index is 0.718. The van der Waals surface area contributed by atoms with Gasteiger partial charge in [0.1, 0.15) is 0 Å². The molecule has 0 aliphatic heterocycles. The summed E-state index contributed by atoms with van der Waals surface area (Å²) in [7, 11) is 0. The SMILES string of the molecule is C1=C[C@H](c2ccsc2)CCC1. The van der Waals surface area contributed by atoms with Crippen LogP contribution in [0.25, 0.3) is 0 Å². The first-order valence-corrected chi connectivity index (χ1v) is 5.10. The summed E-state index contributed by atoms with van der Waals surface area (Å²) in [6.07, 6.45) is 8.64. The lowest BCUT2D eigenvalue weighted by Gasteiger charge is -2.14. The van der Waals surface area contributed by atoms with E-state index in [1.54, 1.807) is 11.3 Å². The lowest BCUT2D eigenvalue weighted by Crippen LogP contribution is -1.96. The molecule has 1 heteroatoms. The Balaban J connectivity index is 2.16. The van der Waals surface area contributed by atoms with E-state index < -0.39 is 0 Å². The molecule has 58 valence electrons. The highest BCUT2D eigenvalue weighted by Gasteiger charge is 2.09. The highest BCUT2D eigenvalue weighted by molar-refractivity contribution is 7.07. The van der Waals surface area contributed by atoms with Crippen LogP contribution < -0.4 is 0 Å². The zero-order valence-electron chi connectivity index (χ0n) is 6.49. The summed E-state index contributed by atoms with van der Waals surface area (Å²) in [5.41, 5.74) is 1.51. The molecule has 0 saturated heterocycles. The molecule has 0 fully saturated rings. The second kappa shape index (κ2) is 3.22. The molecule has 1 aromatic heterocycles. The molecule has 0 unspecified atom stereocenters. The average molecular weight is 164 g/mol. The molecule has 0 bridgehead atoms. The van der Waals surface area contributed by atoms with Crippen LogP contribution in [0.15, 0.2) is 29.0 Å². The first-order valence-electron chi connectivity index (χ1n) is 4.15. The number of hydrogen-bond acceptors (Lipinski definition) is 1. The second-order valence-corrected chi connectivity index (χ2v) is 3.80. The van der Waals surface area contributed by atoms with Crippen molar-refractivity contribution in [2.75, 3.05) is 0 Å². The van der Waals surface area contributed by atoms with Crippen molar-refractivity contribution in [1.82, 2.24) is 0 Å². The average Bonchev–Trinajstić information content (AvgIpc) is 2.58. The lowest BCUT2D eigenvalue weighted by atomic mass is 9.91. The minimum Gasteiger partial charge on any atom is -0.152 e. The van der Waals surface area contributed by atoms with Crippen LogP contribution >= 0.6 is 11.3 Å². The van der Waals surface area contributed by atoms with Gasteiger partial charge in [-0.2, -0.15) is 11.3 Å². The van der Waals surface area contributed by atoms with Gasteiger partial charge >= 0.3 is 0 Å². The highest BCUT2D eigenvalue weighted by Crippen LogP contribution is 2.28. The molecule has 0 amide bonds. The van der Waals surface area contributed by atoms with E-state index in [9.17, 15) is 0 Å². The molecule has 1 aromatic rings. The normalized spacial score (nSPS) is 23.8. The van der Waals surface area contributed by atoms with Crippen molar-refractivity contribution in [2.24, 2.45) is 0 Å². The van der Waals surface area contributed by atoms with Gasteiger partial charge in [-0.15, -0.1) is 0 Å². The van der Waals surface area contributed by atoms with Crippen LogP contribution in [0.2, 0.25) is 0 Å². The maximum atomic E-state index is 2.35. The first kappa shape index (κ1) is 7.11. The third kappa shape index (κ3) is 1.54. The molecule has 2 rings (SSSR count). The Kier molecular flexibility index (Phi) is 2.08. The fourth-order valence-corrected chi connectivity index (χ4v) is 2.30. The van der Waals surface area contributed by atoms with Gasteiger partial charge in [0.15, 0.2) is 0 Å². The predicted octanol–water partition coefficient (Wildman–Crippen LogP) is 3.57. The zero-order valence-corrected chi connectivity index (χ0v) is 7.31. The summed E-state index contributed by atoms with van der Waals surface area (Å²) in [6.45, 7) is 0. The monoisotopic (exact) mass is 164 g/mol. The van der Waals surface area contributed by atoms with Gasteiger partial charge in [-0.1, -0.05) is 12.2 Å². The molecule has 0 N–H and O–H groups in total. The van der Waals surface area contributed by atoms with E-state index in [2.05, 4.69) is 29.0 Å². The Morgan fingerprint density at radius 1 is 1.45 bits per heavy atom. The van der Waals surface area contributed by atoms with Crippen LogP contribution in [-0.2, 0) is 0 Å². The molecule has 1 aliphatic rings. The summed E-state index contributed by atoms with van der Waals surface area (Å²) < 4.78 is 0. The molecule has 0 spiro atoms. The molecule has 0 radical (unpaired) electrons. The Bertz CT molecular complexity index is 233. The van der Waals surface area contributed by atoms with Crippen LogP contribution in [-0.4, -0.2) is 0 Å². The van der Waals surface area contributed by atoms with Crippen molar-refractivity contribution < 1.29 is 0 Å². The predicted molar refractivity (Wildman–Crippen MR) is 50.1 cm³/mol. The van der Waals surface area contributed by atoms with Gasteiger partial charge < -0.3 is 0 Å². The van der Waals surface area contributed by atoms with Crippen molar-refractivity contribution in [3.8, 4) is 0 Å². The van der Waals surface area contributed by atoms with E-state index in [1.165, 1.54) is 24.8 Å². The third-order valence-corrected chi connectivity index (χ3v) is 2.93. The highest BCUT2D eigenvalue weighted by atomic mass is 32.1. The Morgan fingerprint density at radius 3 is 3.09 bits per heavy atom. The van der Waals surface area contributed by atoms with Gasteiger partial charge in [0.25, 0.3) is 0 Å². The second-order valence-electron chi connectivity index (χ2n) is 3.02. The molecular formula is C10H12S. The van der Waals surface area contributed by atoms with Crippen LogP contribution in [0.5, 0.6) is 0 Å². The van der Waals surface area contributed by atoms with Crippen molar-refractivity contribution in [3.63, 3.8) is 0 Å². The Hall–Kier alpha value is -0.560. The van der Waals surface area contributed by atoms with E-state index in [0.717, 1.165) is 5.92 Å². The van der Waals surface area contributed by atoms with Gasteiger partial charge in [-0.05, 0) is 41.7 Å². The molecule has 0 aromatic carbocycles. The van der Waals surface area contributed by atoms with E-state index in [0.29, 0.717) is 0 Å². The minimum atomic E-state index is 0.718. The van der Waals surface area contributed by atoms with Crippen molar-refractivity contribution in [2.45, 2.75) is 25.2 Å². The molecular weight excluding hydrogens is 152 g/mol. The van der Waals surface area contributed by atoms with Crippen LogP contribution in [0.1, 0.15) is 30.7 Å². The quantitative estimate of drug-likeness (QED) is 0.557. The molecule has 11 heavy (non-hydrogen) atoms. The lowest BCUT2D eigenvalue weighted by molar-refractivity contribution is 0.656. The van der Waals surface area contributed by atoms with E-state index >= 15 is 0 Å². The summed E-state index contributed by atoms with van der Waals surface area (Å²) in [5, 5.41) is 4.43. The Morgan fingerprint density at radius 2 is 2.45 bits per heavy atom. The van der Waals surface area contributed by atoms with Crippen molar-refractivity contribution >= 4 is 11.3 Å². The number of thiophene rings is 1. The number of hydrogen-bond donors (Lipinski definition) is 0. The Labute approximate surface area is 71.6 Å². The van der Waals surface area contributed by atoms with Crippen molar-refractivity contribution in [1.29, 1.82) is 0 Å². The maximum Gasteiger partial charge on any atom is 0.00263 e. The summed E-state index contributed by atoms with van der Waals surface area (Å²) in [4.78, 5) is 0. The molecule has 1 atom stereocenters. The van der Waals surface area contributed by atoms with Crippen LogP contribution in [0, 0.1) is 0 Å². The smallest absolute Gasteiger partial charge is 0.00263 e. The van der Waals surface area contributed by atoms with Gasteiger partial charge in [0.2, 0.25) is 0 Å². The fraction of sp³-hybridized carbons (Fsp3) is 0.400. The fourth-order valence-electron chi connectivity index (χ4n) is 1.58. The van der Waals surface area contributed by atoms with Crippen molar-refractivity contribution in [3.05, 3.63) is 34.5 Å². The summed E-state index contributed by atoms with van der Waals surface area (Å²) in [5.74, 6) is 0.718. The standard InChI is InChI=1S/C10H12S/c1-2-4-9(5-3-1)10-6-7-11-8-10/h2,4,6-9H,1,3,5H2/t9-/m0/s1. The first-order chi connectivity index (χ1) is 5.47.